The Bertz CT molecular complexity index is 983. The van der Waals surface area contributed by atoms with Gasteiger partial charge in [-0.2, -0.15) is 0 Å². The predicted molar refractivity (Wildman–Crippen MR) is 110 cm³/mol. The molecule has 2 aromatic carbocycles. The van der Waals surface area contributed by atoms with Crippen LogP contribution in [0, 0.1) is 0 Å². The fourth-order valence-corrected chi connectivity index (χ4v) is 2.80. The summed E-state index contributed by atoms with van der Waals surface area (Å²) in [5.41, 5.74) is 2.70. The number of benzene rings is 2. The highest BCUT2D eigenvalue weighted by Crippen LogP contribution is 2.25. The summed E-state index contributed by atoms with van der Waals surface area (Å²) in [5, 5.41) is 2.93. The summed E-state index contributed by atoms with van der Waals surface area (Å²) in [6.45, 7) is 6.58. The Morgan fingerprint density at radius 2 is 1.63 bits per heavy atom. The highest BCUT2D eigenvalue weighted by atomic mass is 16.7. The molecule has 0 bridgehead atoms. The van der Waals surface area contributed by atoms with Gasteiger partial charge in [0.05, 0.1) is 11.7 Å². The maximum absolute atomic E-state index is 12.0. The molecule has 0 amide bonds. The van der Waals surface area contributed by atoms with E-state index < -0.39 is 17.7 Å². The van der Waals surface area contributed by atoms with Gasteiger partial charge >= 0.3 is 17.9 Å². The maximum Gasteiger partial charge on any atom is 0.350 e. The van der Waals surface area contributed by atoms with Gasteiger partial charge in [-0.3, -0.25) is 0 Å². The monoisotopic (exact) mass is 409 g/mol. The Morgan fingerprint density at radius 3 is 2.23 bits per heavy atom. The summed E-state index contributed by atoms with van der Waals surface area (Å²) in [4.78, 5) is 36.0. The number of ether oxygens (including phenoxy) is 3. The van der Waals surface area contributed by atoms with Gasteiger partial charge in [0.15, 0.2) is 5.57 Å². The van der Waals surface area contributed by atoms with E-state index in [-0.39, 0.29) is 17.6 Å². The molecule has 7 heteroatoms. The van der Waals surface area contributed by atoms with E-state index in [9.17, 15) is 14.4 Å². The van der Waals surface area contributed by atoms with Gasteiger partial charge < -0.3 is 19.5 Å². The molecule has 2 aromatic rings. The second-order valence-electron chi connectivity index (χ2n) is 7.49. The quantitative estimate of drug-likeness (QED) is 0.452. The smallest absolute Gasteiger partial charge is 0.350 e. The van der Waals surface area contributed by atoms with E-state index >= 15 is 0 Å². The average Bonchev–Trinajstić information content (AvgIpc) is 2.66. The van der Waals surface area contributed by atoms with Gasteiger partial charge in [0.2, 0.25) is 0 Å². The van der Waals surface area contributed by atoms with Crippen molar-refractivity contribution in [3.63, 3.8) is 0 Å². The molecule has 0 aliphatic carbocycles. The zero-order valence-electron chi connectivity index (χ0n) is 17.2. The van der Waals surface area contributed by atoms with Gasteiger partial charge in [0.1, 0.15) is 0 Å². The van der Waals surface area contributed by atoms with Crippen LogP contribution in [-0.4, -0.2) is 29.8 Å². The van der Waals surface area contributed by atoms with Gasteiger partial charge in [-0.25, -0.2) is 14.4 Å². The summed E-state index contributed by atoms with van der Waals surface area (Å²) in [7, 11) is 0. The minimum atomic E-state index is -1.28. The van der Waals surface area contributed by atoms with Gasteiger partial charge in [-0.1, -0.05) is 24.3 Å². The highest BCUT2D eigenvalue weighted by molar-refractivity contribution is 6.15. The standard InChI is InChI=1S/C23H23NO6/c1-14(2)28-20(25)16-10-8-15(9-11-16)17-6-5-7-18(12-17)24-13-19-21(26)29-23(3,4)30-22(19)27/h5-14,24H,1-4H3. The van der Waals surface area contributed by atoms with Crippen molar-refractivity contribution in [2.45, 2.75) is 39.6 Å². The largest absolute Gasteiger partial charge is 0.459 e. The average molecular weight is 409 g/mol. The Hall–Kier alpha value is -3.61. The lowest BCUT2D eigenvalue weighted by Crippen LogP contribution is -2.42. The molecule has 0 spiro atoms. The molecular formula is C23H23NO6. The number of carbonyl (C=O) groups is 3. The van der Waals surface area contributed by atoms with E-state index in [1.165, 1.54) is 20.0 Å². The van der Waals surface area contributed by atoms with Crippen molar-refractivity contribution in [1.82, 2.24) is 0 Å². The fourth-order valence-electron chi connectivity index (χ4n) is 2.80. The number of rotatable bonds is 5. The topological polar surface area (TPSA) is 90.9 Å². The first-order valence-electron chi connectivity index (χ1n) is 9.49. The molecule has 1 N–H and O–H groups in total. The lowest BCUT2D eigenvalue weighted by atomic mass is 10.0. The van der Waals surface area contributed by atoms with E-state index in [0.29, 0.717) is 11.3 Å². The van der Waals surface area contributed by atoms with Crippen LogP contribution in [0.4, 0.5) is 5.69 Å². The van der Waals surface area contributed by atoms with Crippen molar-refractivity contribution in [2.24, 2.45) is 0 Å². The molecular weight excluding hydrogens is 386 g/mol. The lowest BCUT2D eigenvalue weighted by molar-refractivity contribution is -0.222. The molecule has 1 aliphatic rings. The molecule has 156 valence electrons. The first kappa shape index (κ1) is 21.1. The first-order chi connectivity index (χ1) is 14.1. The maximum atomic E-state index is 12.0. The van der Waals surface area contributed by atoms with Crippen molar-refractivity contribution >= 4 is 23.6 Å². The normalized spacial score (nSPS) is 15.3. The Kier molecular flexibility index (Phi) is 5.91. The number of carbonyl (C=O) groups excluding carboxylic acids is 3. The number of anilines is 1. The molecule has 1 saturated heterocycles. The van der Waals surface area contributed by atoms with Crippen LogP contribution in [0.1, 0.15) is 38.1 Å². The lowest BCUT2D eigenvalue weighted by Gasteiger charge is -2.29. The van der Waals surface area contributed by atoms with E-state index in [4.69, 9.17) is 14.2 Å². The van der Waals surface area contributed by atoms with Gasteiger partial charge in [0, 0.05) is 25.7 Å². The second kappa shape index (κ2) is 8.41. The van der Waals surface area contributed by atoms with Gasteiger partial charge in [-0.05, 0) is 49.2 Å². The number of hydrogen-bond donors (Lipinski definition) is 1. The van der Waals surface area contributed by atoms with Crippen LogP contribution < -0.4 is 5.32 Å². The molecule has 1 heterocycles. The van der Waals surface area contributed by atoms with E-state index in [1.54, 1.807) is 32.0 Å². The molecule has 1 fully saturated rings. The summed E-state index contributed by atoms with van der Waals surface area (Å²) in [5.74, 6) is -3.14. The predicted octanol–water partition coefficient (Wildman–Crippen LogP) is 4.05. The number of esters is 3. The van der Waals surface area contributed by atoms with Crippen LogP contribution in [-0.2, 0) is 23.8 Å². The molecule has 0 saturated carbocycles. The van der Waals surface area contributed by atoms with Crippen LogP contribution in [0.25, 0.3) is 11.1 Å². The zero-order chi connectivity index (χ0) is 21.9. The Balaban J connectivity index is 1.74. The van der Waals surface area contributed by atoms with Crippen LogP contribution in [0.5, 0.6) is 0 Å². The van der Waals surface area contributed by atoms with Gasteiger partial charge in [-0.15, -0.1) is 0 Å². The first-order valence-corrected chi connectivity index (χ1v) is 9.49. The SMILES string of the molecule is CC(C)OC(=O)c1ccc(-c2cccc(NC=C3C(=O)OC(C)(C)OC3=O)c2)cc1. The van der Waals surface area contributed by atoms with E-state index in [0.717, 1.165) is 11.1 Å². The van der Waals surface area contributed by atoms with Crippen molar-refractivity contribution in [3.8, 4) is 11.1 Å². The van der Waals surface area contributed by atoms with Crippen molar-refractivity contribution in [1.29, 1.82) is 0 Å². The highest BCUT2D eigenvalue weighted by Gasteiger charge is 2.38. The minimum Gasteiger partial charge on any atom is -0.459 e. The molecule has 3 rings (SSSR count). The molecule has 30 heavy (non-hydrogen) atoms. The Morgan fingerprint density at radius 1 is 1.00 bits per heavy atom. The van der Waals surface area contributed by atoms with Crippen LogP contribution >= 0.6 is 0 Å². The molecule has 7 nitrogen and oxygen atoms in total. The van der Waals surface area contributed by atoms with Crippen LogP contribution in [0.15, 0.2) is 60.3 Å². The molecule has 0 radical (unpaired) electrons. The van der Waals surface area contributed by atoms with Gasteiger partial charge in [0.25, 0.3) is 5.79 Å². The third-order valence-corrected chi connectivity index (χ3v) is 4.16. The van der Waals surface area contributed by atoms with Crippen molar-refractivity contribution in [3.05, 3.63) is 65.9 Å². The molecule has 0 atom stereocenters. The van der Waals surface area contributed by atoms with Crippen molar-refractivity contribution in [2.75, 3.05) is 5.32 Å². The van der Waals surface area contributed by atoms with Crippen molar-refractivity contribution < 1.29 is 28.6 Å². The number of hydrogen-bond acceptors (Lipinski definition) is 7. The minimum absolute atomic E-state index is 0.182. The fraction of sp³-hybridized carbons (Fsp3) is 0.261. The van der Waals surface area contributed by atoms with E-state index in [2.05, 4.69) is 5.32 Å². The number of cyclic esters (lactones) is 2. The summed E-state index contributed by atoms with van der Waals surface area (Å²) in [6, 6.07) is 14.4. The molecule has 0 aromatic heterocycles. The summed E-state index contributed by atoms with van der Waals surface area (Å²) < 4.78 is 15.3. The Labute approximate surface area is 174 Å². The third-order valence-electron chi connectivity index (χ3n) is 4.16. The summed E-state index contributed by atoms with van der Waals surface area (Å²) >= 11 is 0. The molecule has 1 aliphatic heterocycles. The van der Waals surface area contributed by atoms with Crippen LogP contribution in [0.3, 0.4) is 0 Å². The van der Waals surface area contributed by atoms with Crippen LogP contribution in [0.2, 0.25) is 0 Å². The summed E-state index contributed by atoms with van der Waals surface area (Å²) in [6.07, 6.45) is 1.09. The molecule has 0 unspecified atom stereocenters. The number of nitrogens with one attached hydrogen (secondary N) is 1. The zero-order valence-corrected chi connectivity index (χ0v) is 17.2. The van der Waals surface area contributed by atoms with E-state index in [1.807, 2.05) is 30.3 Å². The second-order valence-corrected chi connectivity index (χ2v) is 7.49. The third kappa shape index (κ3) is 5.05.